The van der Waals surface area contributed by atoms with Gasteiger partial charge in [-0.05, 0) is 37.5 Å². The zero-order valence-electron chi connectivity index (χ0n) is 53.5. The van der Waals surface area contributed by atoms with Gasteiger partial charge in [-0.25, -0.2) is 9.13 Å². The molecule has 0 radical (unpaired) electrons. The van der Waals surface area contributed by atoms with Crippen molar-refractivity contribution >= 4 is 39.5 Å². The van der Waals surface area contributed by atoms with Crippen LogP contribution in [0.1, 0.15) is 318 Å². The van der Waals surface area contributed by atoms with Crippen LogP contribution in [-0.4, -0.2) is 96.7 Å². The van der Waals surface area contributed by atoms with Gasteiger partial charge in [-0.15, -0.1) is 0 Å². The molecule has 0 amide bonds. The molecule has 0 saturated heterocycles. The topological polar surface area (TPSA) is 237 Å². The predicted molar refractivity (Wildman–Crippen MR) is 331 cm³/mol. The van der Waals surface area contributed by atoms with Crippen LogP contribution < -0.4 is 0 Å². The fourth-order valence-electron chi connectivity index (χ4n) is 9.50. The zero-order chi connectivity index (χ0) is 61.5. The maximum Gasteiger partial charge on any atom is 0.472 e. The second kappa shape index (κ2) is 56.6. The zero-order valence-corrected chi connectivity index (χ0v) is 55.3. The third-order valence-electron chi connectivity index (χ3n) is 15.1. The van der Waals surface area contributed by atoms with Crippen LogP contribution in [0.5, 0.6) is 0 Å². The molecule has 0 aliphatic carbocycles. The molecule has 0 fully saturated rings. The molecule has 3 unspecified atom stereocenters. The van der Waals surface area contributed by atoms with Gasteiger partial charge in [0.1, 0.15) is 19.3 Å². The van der Waals surface area contributed by atoms with E-state index in [-0.39, 0.29) is 25.7 Å². The molecule has 0 rings (SSSR count). The van der Waals surface area contributed by atoms with E-state index >= 15 is 0 Å². The van der Waals surface area contributed by atoms with E-state index in [4.69, 9.17) is 37.0 Å². The minimum atomic E-state index is -4.94. The molecule has 6 atom stereocenters. The summed E-state index contributed by atoms with van der Waals surface area (Å²) in [6.07, 6.45) is 38.8. The highest BCUT2D eigenvalue weighted by molar-refractivity contribution is 7.47. The van der Waals surface area contributed by atoms with Crippen LogP contribution in [0, 0.1) is 11.8 Å². The van der Waals surface area contributed by atoms with Crippen molar-refractivity contribution in [1.29, 1.82) is 0 Å². The number of aliphatic hydroxyl groups excluding tert-OH is 1. The van der Waals surface area contributed by atoms with Gasteiger partial charge in [-0.1, -0.05) is 266 Å². The van der Waals surface area contributed by atoms with Crippen molar-refractivity contribution in [2.45, 2.75) is 336 Å². The van der Waals surface area contributed by atoms with E-state index in [2.05, 4.69) is 41.5 Å². The molecule has 17 nitrogen and oxygen atoms in total. The number of hydrogen-bond donors (Lipinski definition) is 3. The number of hydrogen-bond acceptors (Lipinski definition) is 15. The summed E-state index contributed by atoms with van der Waals surface area (Å²) >= 11 is 0. The standard InChI is InChI=1S/C64H124O17P2/c1-7-10-12-14-16-18-22-30-36-42-48-63(68)80-59(52-74-61(66)46-40-34-28-20-17-15-13-11-8-2)54-78-82(70,71)76-50-58(65)51-77-83(72,73)79-55-60(81-64(69)49-43-37-31-23-19-21-26-32-38-44-56(4)5)53-75-62(67)47-41-35-29-25-24-27-33-39-45-57(6)9-3/h56-60,65H,7-55H2,1-6H3,(H,70,71)(H,72,73)/t57?,58-,59+,60+/m0/s1. The molecule has 19 heteroatoms. The first-order valence-electron chi connectivity index (χ1n) is 33.5. The fraction of sp³-hybridized carbons (Fsp3) is 0.938. The second-order valence-corrected chi connectivity index (χ2v) is 26.8. The van der Waals surface area contributed by atoms with Gasteiger partial charge in [0.15, 0.2) is 12.2 Å². The van der Waals surface area contributed by atoms with Crippen LogP contribution in [0.3, 0.4) is 0 Å². The molecule has 492 valence electrons. The van der Waals surface area contributed by atoms with Crippen molar-refractivity contribution < 1.29 is 80.2 Å². The number of carbonyl (C=O) groups is 4. The van der Waals surface area contributed by atoms with Gasteiger partial charge in [0, 0.05) is 25.7 Å². The summed E-state index contributed by atoms with van der Waals surface area (Å²) in [5.41, 5.74) is 0. The molecule has 0 heterocycles. The summed E-state index contributed by atoms with van der Waals surface area (Å²) in [5, 5.41) is 10.5. The number of aliphatic hydroxyl groups is 1. The number of phosphoric ester groups is 2. The Hall–Kier alpha value is -1.94. The average Bonchev–Trinajstić information content (AvgIpc) is 3.45. The van der Waals surface area contributed by atoms with Crippen LogP contribution in [0.2, 0.25) is 0 Å². The lowest BCUT2D eigenvalue weighted by Crippen LogP contribution is -2.30. The first-order chi connectivity index (χ1) is 39.9. The number of carbonyl (C=O) groups excluding carboxylic acids is 4. The summed E-state index contributed by atoms with van der Waals surface area (Å²) in [5.74, 6) is -0.621. The van der Waals surface area contributed by atoms with Crippen LogP contribution >= 0.6 is 15.6 Å². The van der Waals surface area contributed by atoms with Crippen molar-refractivity contribution in [3.05, 3.63) is 0 Å². The van der Waals surface area contributed by atoms with Gasteiger partial charge in [-0.2, -0.15) is 0 Å². The van der Waals surface area contributed by atoms with E-state index in [1.807, 2.05) is 0 Å². The third kappa shape index (κ3) is 57.6. The Morgan fingerprint density at radius 2 is 0.614 bits per heavy atom. The number of unbranched alkanes of at least 4 members (excludes halogenated alkanes) is 32. The molecule has 0 aromatic carbocycles. The first kappa shape index (κ1) is 81.1. The quantitative estimate of drug-likeness (QED) is 0.0222. The van der Waals surface area contributed by atoms with Crippen molar-refractivity contribution in [3.63, 3.8) is 0 Å². The Bertz CT molecular complexity index is 1630. The van der Waals surface area contributed by atoms with Crippen LogP contribution in [-0.2, 0) is 65.4 Å². The van der Waals surface area contributed by atoms with Crippen LogP contribution in [0.15, 0.2) is 0 Å². The third-order valence-corrected chi connectivity index (χ3v) is 17.0. The van der Waals surface area contributed by atoms with Crippen molar-refractivity contribution in [1.82, 2.24) is 0 Å². The summed E-state index contributed by atoms with van der Waals surface area (Å²) < 4.78 is 68.0. The molecule has 0 spiro atoms. The Labute approximate surface area is 505 Å². The summed E-state index contributed by atoms with van der Waals surface area (Å²) in [6.45, 7) is 9.45. The Balaban J connectivity index is 5.24. The molecule has 0 aliphatic rings. The molecule has 3 N–H and O–H groups in total. The number of rotatable bonds is 63. The highest BCUT2D eigenvalue weighted by Crippen LogP contribution is 2.45. The van der Waals surface area contributed by atoms with Crippen LogP contribution in [0.25, 0.3) is 0 Å². The Kier molecular flexibility index (Phi) is 55.2. The predicted octanol–water partition coefficient (Wildman–Crippen LogP) is 17.7. The monoisotopic (exact) mass is 1230 g/mol. The van der Waals surface area contributed by atoms with E-state index in [9.17, 15) is 43.2 Å². The normalized spacial score (nSPS) is 14.6. The minimum absolute atomic E-state index is 0.105. The molecular weight excluding hydrogens is 1100 g/mol. The van der Waals surface area contributed by atoms with E-state index in [0.717, 1.165) is 102 Å². The van der Waals surface area contributed by atoms with Gasteiger partial charge < -0.3 is 33.8 Å². The molecule has 0 saturated carbocycles. The maximum atomic E-state index is 13.0. The maximum absolute atomic E-state index is 13.0. The Morgan fingerprint density at radius 1 is 0.349 bits per heavy atom. The highest BCUT2D eigenvalue weighted by Gasteiger charge is 2.30. The smallest absolute Gasteiger partial charge is 0.462 e. The van der Waals surface area contributed by atoms with Crippen molar-refractivity contribution in [3.8, 4) is 0 Å². The Morgan fingerprint density at radius 3 is 0.916 bits per heavy atom. The van der Waals surface area contributed by atoms with E-state index in [0.29, 0.717) is 25.7 Å². The SMILES string of the molecule is CCCCCCCCCCCCC(=O)O[C@H](COC(=O)CCCCCCCCCCC)COP(=O)(O)OC[C@H](O)COP(=O)(O)OC[C@@H](COC(=O)CCCCCCCCCCC(C)CC)OC(=O)CCCCCCCCCCCC(C)C. The fourth-order valence-corrected chi connectivity index (χ4v) is 11.1. The lowest BCUT2D eigenvalue weighted by atomic mass is 9.99. The molecular formula is C64H124O17P2. The summed E-state index contributed by atoms with van der Waals surface area (Å²) in [6, 6.07) is 0. The number of ether oxygens (including phenoxy) is 4. The number of phosphoric acid groups is 2. The first-order valence-corrected chi connectivity index (χ1v) is 36.5. The van der Waals surface area contributed by atoms with Crippen molar-refractivity contribution in [2.75, 3.05) is 39.6 Å². The van der Waals surface area contributed by atoms with Gasteiger partial charge >= 0.3 is 39.5 Å². The van der Waals surface area contributed by atoms with Gasteiger partial charge in [0.2, 0.25) is 0 Å². The van der Waals surface area contributed by atoms with Gasteiger partial charge in [0.05, 0.1) is 26.4 Å². The molecule has 0 aromatic rings. The summed E-state index contributed by atoms with van der Waals surface area (Å²) in [7, 11) is -9.88. The van der Waals surface area contributed by atoms with E-state index < -0.39 is 97.5 Å². The minimum Gasteiger partial charge on any atom is -0.462 e. The molecule has 83 heavy (non-hydrogen) atoms. The van der Waals surface area contributed by atoms with E-state index in [1.165, 1.54) is 135 Å². The van der Waals surface area contributed by atoms with Crippen LogP contribution in [0.4, 0.5) is 0 Å². The van der Waals surface area contributed by atoms with Gasteiger partial charge in [-0.3, -0.25) is 37.3 Å². The van der Waals surface area contributed by atoms with Gasteiger partial charge in [0.25, 0.3) is 0 Å². The largest absolute Gasteiger partial charge is 0.472 e. The second-order valence-electron chi connectivity index (χ2n) is 23.9. The average molecular weight is 1230 g/mol. The molecule has 0 aromatic heterocycles. The molecule has 0 aliphatic heterocycles. The molecule has 0 bridgehead atoms. The number of esters is 4. The van der Waals surface area contributed by atoms with Crippen molar-refractivity contribution in [2.24, 2.45) is 11.8 Å². The lowest BCUT2D eigenvalue weighted by molar-refractivity contribution is -0.161. The van der Waals surface area contributed by atoms with E-state index in [1.54, 1.807) is 0 Å². The summed E-state index contributed by atoms with van der Waals surface area (Å²) in [4.78, 5) is 72.2. The highest BCUT2D eigenvalue weighted by atomic mass is 31.2. The lowest BCUT2D eigenvalue weighted by Gasteiger charge is -2.21.